The third-order valence-electron chi connectivity index (χ3n) is 4.94. The van der Waals surface area contributed by atoms with E-state index in [-0.39, 0.29) is 70.1 Å². The normalized spacial score (nSPS) is 15.5. The van der Waals surface area contributed by atoms with Crippen molar-refractivity contribution < 1.29 is 79.5 Å². The Labute approximate surface area is 224 Å². The first-order valence-electron chi connectivity index (χ1n) is 9.67. The van der Waals surface area contributed by atoms with Gasteiger partial charge in [-0.2, -0.15) is 17.7 Å². The number of nitrogens with zero attached hydrogens (tertiary/aromatic N) is 6. The SMILES string of the molecule is [K+].[O-]C(O)CCOc1ccc(N2CCN(c3ccc4nnc(C(F)(F)F)n4n3)CC2)cc1. The van der Waals surface area contributed by atoms with Crippen LogP contribution in [-0.4, -0.2) is 64.0 Å². The summed E-state index contributed by atoms with van der Waals surface area (Å²) in [5.74, 6) is -0.105. The number of hydrogen-bond donors (Lipinski definition) is 1. The minimum absolute atomic E-state index is 0. The summed E-state index contributed by atoms with van der Waals surface area (Å²) in [7, 11) is 0. The third-order valence-corrected chi connectivity index (χ3v) is 4.94. The van der Waals surface area contributed by atoms with Gasteiger partial charge in [0.25, 0.3) is 5.82 Å². The number of ether oxygens (including phenoxy) is 1. The molecule has 32 heavy (non-hydrogen) atoms. The van der Waals surface area contributed by atoms with Gasteiger partial charge in [-0.05, 0) is 49.1 Å². The van der Waals surface area contributed by atoms with E-state index in [0.717, 1.165) is 10.2 Å². The first kappa shape index (κ1) is 25.1. The zero-order valence-corrected chi connectivity index (χ0v) is 20.5. The summed E-state index contributed by atoms with van der Waals surface area (Å²) in [6.07, 6.45) is -6.26. The van der Waals surface area contributed by atoms with Gasteiger partial charge in [0.15, 0.2) is 5.65 Å². The topological polar surface area (TPSA) is 102 Å². The average Bonchev–Trinajstić information content (AvgIpc) is 3.18. The third kappa shape index (κ3) is 5.90. The molecule has 1 aromatic carbocycles. The number of piperazine rings is 1. The second-order valence-corrected chi connectivity index (χ2v) is 7.04. The van der Waals surface area contributed by atoms with Crippen LogP contribution in [0.1, 0.15) is 12.2 Å². The molecule has 0 spiro atoms. The minimum Gasteiger partial charge on any atom is -0.831 e. The van der Waals surface area contributed by atoms with Crippen LogP contribution >= 0.6 is 0 Å². The molecule has 1 saturated heterocycles. The molecule has 0 saturated carbocycles. The standard InChI is InChI=1S/C19H20F3N6O3.K/c20-19(21,22)18-24-23-15-5-6-16(25-28(15)18)27-10-8-26(9-11-27)13-1-3-14(4-2-13)31-12-7-17(29)30;/h1-6,17,29H,7-12H2;/q-1;+1. The quantitative estimate of drug-likeness (QED) is 0.320. The van der Waals surface area contributed by atoms with Crippen LogP contribution in [-0.2, 0) is 6.18 Å². The molecule has 1 fully saturated rings. The molecule has 9 nitrogen and oxygen atoms in total. The number of aromatic nitrogens is 4. The van der Waals surface area contributed by atoms with Gasteiger partial charge in [-0.3, -0.25) is 0 Å². The van der Waals surface area contributed by atoms with E-state index in [1.165, 1.54) is 6.07 Å². The Balaban J connectivity index is 0.00000289. The number of hydrogen-bond acceptors (Lipinski definition) is 8. The van der Waals surface area contributed by atoms with Crippen molar-refractivity contribution in [1.82, 2.24) is 19.8 Å². The van der Waals surface area contributed by atoms with E-state index < -0.39 is 18.3 Å². The molecule has 1 atom stereocenters. The van der Waals surface area contributed by atoms with Crippen LogP contribution in [0.3, 0.4) is 0 Å². The van der Waals surface area contributed by atoms with Gasteiger partial charge >= 0.3 is 57.6 Å². The van der Waals surface area contributed by atoms with E-state index in [9.17, 15) is 18.3 Å². The van der Waals surface area contributed by atoms with Crippen molar-refractivity contribution in [2.75, 3.05) is 42.6 Å². The van der Waals surface area contributed by atoms with E-state index in [0.29, 0.717) is 37.7 Å². The fourth-order valence-corrected chi connectivity index (χ4v) is 3.35. The molecule has 3 heterocycles. The summed E-state index contributed by atoms with van der Waals surface area (Å²) in [6.45, 7) is 2.64. The van der Waals surface area contributed by atoms with Gasteiger partial charge in [-0.1, -0.05) is 0 Å². The molecule has 13 heteroatoms. The maximum absolute atomic E-state index is 13.1. The fourth-order valence-electron chi connectivity index (χ4n) is 3.35. The molecule has 1 N–H and O–H groups in total. The second-order valence-electron chi connectivity index (χ2n) is 7.04. The molecule has 0 aliphatic carbocycles. The van der Waals surface area contributed by atoms with Gasteiger partial charge < -0.3 is 24.7 Å². The summed E-state index contributed by atoms with van der Waals surface area (Å²) in [4.78, 5) is 4.07. The number of rotatable bonds is 6. The zero-order chi connectivity index (χ0) is 22.0. The molecular weight excluding hydrogens is 456 g/mol. The number of fused-ring (bicyclic) bond motifs is 1. The average molecular weight is 477 g/mol. The Bertz CT molecular complexity index is 1020. The molecular formula is C19H20F3KN6O3. The van der Waals surface area contributed by atoms with Gasteiger partial charge in [0.05, 0.1) is 6.61 Å². The molecule has 2 aromatic heterocycles. The molecule has 1 unspecified atom stereocenters. The van der Waals surface area contributed by atoms with Crippen LogP contribution in [0.25, 0.3) is 5.65 Å². The van der Waals surface area contributed by atoms with Crippen LogP contribution in [0, 0.1) is 0 Å². The van der Waals surface area contributed by atoms with E-state index in [4.69, 9.17) is 9.84 Å². The van der Waals surface area contributed by atoms with Crippen molar-refractivity contribution in [1.29, 1.82) is 0 Å². The van der Waals surface area contributed by atoms with Gasteiger partial charge in [0.1, 0.15) is 11.6 Å². The second kappa shape index (κ2) is 10.6. The first-order chi connectivity index (χ1) is 14.8. The Morgan fingerprint density at radius 2 is 1.66 bits per heavy atom. The van der Waals surface area contributed by atoms with Crippen molar-refractivity contribution in [3.63, 3.8) is 0 Å². The molecule has 0 radical (unpaired) electrons. The summed E-state index contributed by atoms with van der Waals surface area (Å²) in [5, 5.41) is 30.2. The molecule has 0 amide bonds. The number of aliphatic hydroxyl groups excluding tert-OH is 1. The van der Waals surface area contributed by atoms with Crippen molar-refractivity contribution in [2.24, 2.45) is 0 Å². The molecule has 1 aliphatic heterocycles. The van der Waals surface area contributed by atoms with Gasteiger partial charge in [-0.15, -0.1) is 15.3 Å². The summed E-state index contributed by atoms with van der Waals surface area (Å²) in [5.41, 5.74) is 1.03. The van der Waals surface area contributed by atoms with Crippen LogP contribution in [0.4, 0.5) is 24.7 Å². The fraction of sp³-hybridized carbons (Fsp3) is 0.421. The first-order valence-corrected chi connectivity index (χ1v) is 9.67. The van der Waals surface area contributed by atoms with Crippen LogP contribution < -0.4 is 71.0 Å². The molecule has 3 aromatic rings. The predicted molar refractivity (Wildman–Crippen MR) is 103 cm³/mol. The number of anilines is 2. The Kier molecular flexibility index (Phi) is 8.35. The molecule has 166 valence electrons. The van der Waals surface area contributed by atoms with E-state index >= 15 is 0 Å². The Hall–Kier alpha value is -1.48. The largest absolute Gasteiger partial charge is 1.00 e. The predicted octanol–water partition coefficient (Wildman–Crippen LogP) is -2.08. The van der Waals surface area contributed by atoms with E-state index in [1.54, 1.807) is 18.2 Å². The maximum atomic E-state index is 13.1. The maximum Gasteiger partial charge on any atom is 1.00 e. The van der Waals surface area contributed by atoms with Crippen molar-refractivity contribution >= 4 is 17.2 Å². The van der Waals surface area contributed by atoms with Crippen LogP contribution in [0.5, 0.6) is 5.75 Å². The van der Waals surface area contributed by atoms with Gasteiger partial charge in [0.2, 0.25) is 0 Å². The van der Waals surface area contributed by atoms with Crippen molar-refractivity contribution in [3.05, 3.63) is 42.2 Å². The summed E-state index contributed by atoms with van der Waals surface area (Å²) in [6, 6.07) is 10.5. The van der Waals surface area contributed by atoms with Crippen LogP contribution in [0.2, 0.25) is 0 Å². The van der Waals surface area contributed by atoms with Crippen LogP contribution in [0.15, 0.2) is 36.4 Å². The number of aliphatic hydroxyl groups is 1. The number of benzene rings is 1. The smallest absolute Gasteiger partial charge is 0.831 e. The van der Waals surface area contributed by atoms with E-state index in [1.807, 2.05) is 17.0 Å². The molecule has 4 rings (SSSR count). The van der Waals surface area contributed by atoms with Gasteiger partial charge in [-0.25, -0.2) is 0 Å². The molecule has 1 aliphatic rings. The van der Waals surface area contributed by atoms with E-state index in [2.05, 4.69) is 20.2 Å². The number of alkyl halides is 3. The number of halogens is 3. The van der Waals surface area contributed by atoms with Gasteiger partial charge in [0, 0.05) is 31.9 Å². The zero-order valence-electron chi connectivity index (χ0n) is 17.4. The Morgan fingerprint density at radius 3 is 2.28 bits per heavy atom. The minimum atomic E-state index is -4.63. The molecule has 0 bridgehead atoms. The summed E-state index contributed by atoms with van der Waals surface area (Å²) >= 11 is 0. The van der Waals surface area contributed by atoms with Crippen molar-refractivity contribution in [3.8, 4) is 5.75 Å². The monoisotopic (exact) mass is 476 g/mol. The van der Waals surface area contributed by atoms with Crippen molar-refractivity contribution in [2.45, 2.75) is 18.9 Å². The Morgan fingerprint density at radius 1 is 1.00 bits per heavy atom. The summed E-state index contributed by atoms with van der Waals surface area (Å²) < 4.78 is 45.4.